The monoisotopic (exact) mass is 378 g/mol. The summed E-state index contributed by atoms with van der Waals surface area (Å²) in [5.74, 6) is 1.24. The maximum atomic E-state index is 12.0. The number of guanidine groups is 1. The van der Waals surface area contributed by atoms with Gasteiger partial charge in [-0.25, -0.2) is 13.1 Å². The lowest BCUT2D eigenvalue weighted by molar-refractivity contribution is 0.316. The minimum Gasteiger partial charge on any atom is -0.356 e. The zero-order valence-corrected chi connectivity index (χ0v) is 16.3. The third-order valence-corrected chi connectivity index (χ3v) is 6.89. The number of nitrogens with zero attached hydrogens (tertiary/aromatic N) is 1. The fourth-order valence-electron chi connectivity index (χ4n) is 3.30. The predicted molar refractivity (Wildman–Crippen MR) is 106 cm³/mol. The normalized spacial score (nSPS) is 19.7. The number of benzene rings is 1. The average molecular weight is 379 g/mol. The van der Waals surface area contributed by atoms with E-state index in [1.807, 2.05) is 6.07 Å². The Morgan fingerprint density at radius 1 is 1.19 bits per heavy atom. The zero-order valence-electron chi connectivity index (χ0n) is 15.5. The predicted octanol–water partition coefficient (Wildman–Crippen LogP) is 1.60. The lowest BCUT2D eigenvalue weighted by atomic mass is 9.86. The first-order chi connectivity index (χ1) is 12.5. The van der Waals surface area contributed by atoms with Gasteiger partial charge in [-0.3, -0.25) is 4.99 Å². The van der Waals surface area contributed by atoms with Gasteiger partial charge in [0, 0.05) is 32.1 Å². The second kappa shape index (κ2) is 8.39. The van der Waals surface area contributed by atoms with Crippen molar-refractivity contribution < 1.29 is 8.42 Å². The summed E-state index contributed by atoms with van der Waals surface area (Å²) in [6.45, 7) is 1.73. The van der Waals surface area contributed by atoms with Crippen LogP contribution in [0.3, 0.4) is 0 Å². The van der Waals surface area contributed by atoms with E-state index < -0.39 is 10.0 Å². The number of hydrogen-bond acceptors (Lipinski definition) is 3. The molecule has 2 aliphatic carbocycles. The van der Waals surface area contributed by atoms with E-state index in [1.165, 1.54) is 24.8 Å². The molecule has 0 spiro atoms. The van der Waals surface area contributed by atoms with E-state index in [4.69, 9.17) is 0 Å². The molecule has 0 aromatic heterocycles. The van der Waals surface area contributed by atoms with Crippen LogP contribution < -0.4 is 15.4 Å². The molecule has 1 aromatic carbocycles. The summed E-state index contributed by atoms with van der Waals surface area (Å²) in [6, 6.07) is 10.5. The summed E-state index contributed by atoms with van der Waals surface area (Å²) < 4.78 is 26.8. The van der Waals surface area contributed by atoms with Crippen molar-refractivity contribution in [3.8, 4) is 0 Å². The summed E-state index contributed by atoms with van der Waals surface area (Å²) in [4.78, 5) is 4.21. The van der Waals surface area contributed by atoms with E-state index >= 15 is 0 Å². The molecule has 0 unspecified atom stereocenters. The highest BCUT2D eigenvalue weighted by atomic mass is 32.2. The summed E-state index contributed by atoms with van der Waals surface area (Å²) in [5, 5.41) is 6.46. The van der Waals surface area contributed by atoms with Gasteiger partial charge < -0.3 is 10.6 Å². The number of rotatable bonds is 9. The lowest BCUT2D eigenvalue weighted by Gasteiger charge is -2.25. The van der Waals surface area contributed by atoms with E-state index in [2.05, 4.69) is 44.6 Å². The van der Waals surface area contributed by atoms with Gasteiger partial charge in [0.1, 0.15) is 0 Å². The minimum absolute atomic E-state index is 0.0598. The van der Waals surface area contributed by atoms with Crippen molar-refractivity contribution in [2.45, 2.75) is 37.5 Å². The standard InChI is InChI=1S/C19H30N4O2S/c1-20-18(21-12-13-26(24,25)23-14-16-6-5-7-16)22-15-19(10-11-19)17-8-3-2-4-9-17/h2-4,8-9,16,23H,5-7,10-15H2,1H3,(H2,20,21,22). The quantitative estimate of drug-likeness (QED) is 0.450. The average Bonchev–Trinajstić information content (AvgIpc) is 3.38. The first-order valence-corrected chi connectivity index (χ1v) is 11.2. The third kappa shape index (κ3) is 5.20. The zero-order chi connectivity index (χ0) is 18.5. The second-order valence-corrected chi connectivity index (χ2v) is 9.39. The molecular formula is C19H30N4O2S. The van der Waals surface area contributed by atoms with E-state index in [0.29, 0.717) is 25.0 Å². The Morgan fingerprint density at radius 3 is 2.50 bits per heavy atom. The molecule has 2 saturated carbocycles. The highest BCUT2D eigenvalue weighted by molar-refractivity contribution is 7.89. The summed E-state index contributed by atoms with van der Waals surface area (Å²) in [7, 11) is -1.52. The van der Waals surface area contributed by atoms with Gasteiger partial charge in [-0.05, 0) is 37.2 Å². The van der Waals surface area contributed by atoms with E-state index in [1.54, 1.807) is 7.05 Å². The topological polar surface area (TPSA) is 82.6 Å². The highest BCUT2D eigenvalue weighted by Crippen LogP contribution is 2.47. The molecule has 3 rings (SSSR count). The van der Waals surface area contributed by atoms with Crippen molar-refractivity contribution in [2.24, 2.45) is 10.9 Å². The Balaban J connectivity index is 1.39. The van der Waals surface area contributed by atoms with Crippen molar-refractivity contribution in [1.82, 2.24) is 15.4 Å². The molecule has 3 N–H and O–H groups in total. The molecular weight excluding hydrogens is 348 g/mol. The van der Waals surface area contributed by atoms with Crippen LogP contribution in [0.4, 0.5) is 0 Å². The van der Waals surface area contributed by atoms with E-state index in [-0.39, 0.29) is 11.2 Å². The molecule has 6 nitrogen and oxygen atoms in total. The van der Waals surface area contributed by atoms with Crippen LogP contribution in [-0.2, 0) is 15.4 Å². The first kappa shape index (κ1) is 19.2. The van der Waals surface area contributed by atoms with Gasteiger partial charge in [0.15, 0.2) is 5.96 Å². The Kier molecular flexibility index (Phi) is 6.19. The highest BCUT2D eigenvalue weighted by Gasteiger charge is 2.43. The Labute approximate surface area is 156 Å². The van der Waals surface area contributed by atoms with Crippen LogP contribution in [0.5, 0.6) is 0 Å². The van der Waals surface area contributed by atoms with Crippen molar-refractivity contribution >= 4 is 16.0 Å². The van der Waals surface area contributed by atoms with Crippen LogP contribution in [-0.4, -0.2) is 46.8 Å². The summed E-state index contributed by atoms with van der Waals surface area (Å²) in [5.41, 5.74) is 1.54. The Morgan fingerprint density at radius 2 is 1.92 bits per heavy atom. The number of aliphatic imine (C=N–C) groups is 1. The Hall–Kier alpha value is -1.60. The molecule has 0 amide bonds. The molecule has 0 bridgehead atoms. The summed E-state index contributed by atoms with van der Waals surface area (Å²) in [6.07, 6.45) is 5.84. The number of nitrogens with one attached hydrogen (secondary N) is 3. The van der Waals surface area contributed by atoms with Gasteiger partial charge in [-0.2, -0.15) is 0 Å². The molecule has 2 aliphatic rings. The van der Waals surface area contributed by atoms with Gasteiger partial charge >= 0.3 is 0 Å². The number of hydrogen-bond donors (Lipinski definition) is 3. The molecule has 7 heteroatoms. The molecule has 0 aliphatic heterocycles. The van der Waals surface area contributed by atoms with Crippen molar-refractivity contribution in [3.05, 3.63) is 35.9 Å². The Bertz CT molecular complexity index is 710. The fourth-order valence-corrected chi connectivity index (χ4v) is 4.31. The molecule has 0 atom stereocenters. The van der Waals surface area contributed by atoms with Gasteiger partial charge in [-0.15, -0.1) is 0 Å². The van der Waals surface area contributed by atoms with Gasteiger partial charge in [0.25, 0.3) is 0 Å². The molecule has 1 aromatic rings. The smallest absolute Gasteiger partial charge is 0.213 e. The second-order valence-electron chi connectivity index (χ2n) is 7.46. The third-order valence-electron chi connectivity index (χ3n) is 5.54. The molecule has 0 radical (unpaired) electrons. The lowest BCUT2D eigenvalue weighted by Crippen LogP contribution is -2.44. The largest absolute Gasteiger partial charge is 0.356 e. The molecule has 0 saturated heterocycles. The summed E-state index contributed by atoms with van der Waals surface area (Å²) >= 11 is 0. The number of sulfonamides is 1. The van der Waals surface area contributed by atoms with Crippen LogP contribution in [0.2, 0.25) is 0 Å². The molecule has 144 valence electrons. The van der Waals surface area contributed by atoms with Crippen LogP contribution in [0.15, 0.2) is 35.3 Å². The van der Waals surface area contributed by atoms with Crippen LogP contribution >= 0.6 is 0 Å². The van der Waals surface area contributed by atoms with Crippen molar-refractivity contribution in [2.75, 3.05) is 32.4 Å². The molecule has 0 heterocycles. The minimum atomic E-state index is -3.23. The maximum Gasteiger partial charge on any atom is 0.213 e. The van der Waals surface area contributed by atoms with Crippen LogP contribution in [0.25, 0.3) is 0 Å². The van der Waals surface area contributed by atoms with Gasteiger partial charge in [0.2, 0.25) is 10.0 Å². The van der Waals surface area contributed by atoms with Gasteiger partial charge in [-0.1, -0.05) is 36.8 Å². The van der Waals surface area contributed by atoms with E-state index in [0.717, 1.165) is 19.4 Å². The molecule has 2 fully saturated rings. The van der Waals surface area contributed by atoms with Crippen LogP contribution in [0.1, 0.15) is 37.7 Å². The van der Waals surface area contributed by atoms with Crippen LogP contribution in [0, 0.1) is 5.92 Å². The van der Waals surface area contributed by atoms with E-state index in [9.17, 15) is 8.42 Å². The maximum absolute atomic E-state index is 12.0. The first-order valence-electron chi connectivity index (χ1n) is 9.50. The van der Waals surface area contributed by atoms with Crippen molar-refractivity contribution in [1.29, 1.82) is 0 Å². The van der Waals surface area contributed by atoms with Crippen molar-refractivity contribution in [3.63, 3.8) is 0 Å². The SMILES string of the molecule is CN=C(NCCS(=O)(=O)NCC1CCC1)NCC1(c2ccccc2)CC1. The molecule has 26 heavy (non-hydrogen) atoms. The van der Waals surface area contributed by atoms with Gasteiger partial charge in [0.05, 0.1) is 5.75 Å². The fraction of sp³-hybridized carbons (Fsp3) is 0.632.